The average molecular weight is 300 g/mol. The maximum Gasteiger partial charge on any atom is 0.252 e. The van der Waals surface area contributed by atoms with Gasteiger partial charge in [0.05, 0.1) is 0 Å². The Labute approximate surface area is 118 Å². The molecule has 1 saturated heterocycles. The molecule has 1 saturated carbocycles. The number of hydrogen-bond donors (Lipinski definition) is 1. The van der Waals surface area contributed by atoms with Gasteiger partial charge >= 0.3 is 0 Å². The van der Waals surface area contributed by atoms with E-state index in [-0.39, 0.29) is 0 Å². The number of nitrogen functional groups attached to an aromatic ring is 1. The number of thiophene rings is 1. The second-order valence-electron chi connectivity index (χ2n) is 5.66. The predicted octanol–water partition coefficient (Wildman–Crippen LogP) is 2.53. The van der Waals surface area contributed by atoms with Crippen LogP contribution in [-0.2, 0) is 10.0 Å². The lowest BCUT2D eigenvalue weighted by Gasteiger charge is -2.40. The van der Waals surface area contributed by atoms with Crippen molar-refractivity contribution in [2.45, 2.75) is 36.3 Å². The van der Waals surface area contributed by atoms with E-state index in [9.17, 15) is 8.42 Å². The van der Waals surface area contributed by atoms with Gasteiger partial charge in [-0.05, 0) is 30.7 Å². The predicted molar refractivity (Wildman–Crippen MR) is 77.6 cm³/mol. The smallest absolute Gasteiger partial charge is 0.252 e. The van der Waals surface area contributed by atoms with Crippen molar-refractivity contribution in [2.24, 2.45) is 11.8 Å². The van der Waals surface area contributed by atoms with Crippen LogP contribution in [-0.4, -0.2) is 25.8 Å². The van der Waals surface area contributed by atoms with Crippen LogP contribution in [0.2, 0.25) is 0 Å². The van der Waals surface area contributed by atoms with Crippen molar-refractivity contribution in [3.05, 3.63) is 11.4 Å². The summed E-state index contributed by atoms with van der Waals surface area (Å²) < 4.78 is 27.2. The summed E-state index contributed by atoms with van der Waals surface area (Å²) in [7, 11) is -3.32. The maximum absolute atomic E-state index is 12.6. The number of hydrogen-bond acceptors (Lipinski definition) is 4. The van der Waals surface area contributed by atoms with Crippen molar-refractivity contribution < 1.29 is 8.42 Å². The fourth-order valence-corrected chi connectivity index (χ4v) is 6.12. The SMILES string of the molecule is Nc1csc(S(=O)(=O)N2CCC3CCCCC3C2)c1. The molecule has 1 aliphatic carbocycles. The molecule has 6 heteroatoms. The van der Waals surface area contributed by atoms with Crippen LogP contribution >= 0.6 is 11.3 Å². The fourth-order valence-electron chi connectivity index (χ4n) is 3.38. The van der Waals surface area contributed by atoms with Gasteiger partial charge in [-0.2, -0.15) is 4.31 Å². The first-order chi connectivity index (χ1) is 9.07. The molecule has 2 heterocycles. The monoisotopic (exact) mass is 300 g/mol. The Hall–Kier alpha value is -0.590. The molecule has 0 aromatic carbocycles. The van der Waals surface area contributed by atoms with Crippen LogP contribution in [0.5, 0.6) is 0 Å². The number of nitrogens with zero attached hydrogens (tertiary/aromatic N) is 1. The molecule has 19 heavy (non-hydrogen) atoms. The summed E-state index contributed by atoms with van der Waals surface area (Å²) in [5, 5.41) is 1.69. The summed E-state index contributed by atoms with van der Waals surface area (Å²) in [4.78, 5) is 0. The first kappa shape index (κ1) is 13.4. The largest absolute Gasteiger partial charge is 0.398 e. The summed E-state index contributed by atoms with van der Waals surface area (Å²) in [6, 6.07) is 1.58. The molecule has 106 valence electrons. The van der Waals surface area contributed by atoms with Gasteiger partial charge in [0.25, 0.3) is 10.0 Å². The molecule has 0 bridgehead atoms. The van der Waals surface area contributed by atoms with Crippen molar-refractivity contribution >= 4 is 27.0 Å². The van der Waals surface area contributed by atoms with Crippen LogP contribution in [0.1, 0.15) is 32.1 Å². The minimum absolute atomic E-state index is 0.388. The topological polar surface area (TPSA) is 63.4 Å². The standard InChI is InChI=1S/C13H20N2O2S2/c14-12-7-13(18-9-12)19(16,17)15-6-5-10-3-1-2-4-11(10)8-15/h7,9-11H,1-6,8,14H2. The van der Waals surface area contributed by atoms with Gasteiger partial charge in [-0.15, -0.1) is 11.3 Å². The molecule has 2 N–H and O–H groups in total. The van der Waals surface area contributed by atoms with E-state index in [1.165, 1.54) is 37.0 Å². The lowest BCUT2D eigenvalue weighted by molar-refractivity contribution is 0.136. The summed E-state index contributed by atoms with van der Waals surface area (Å²) in [5.41, 5.74) is 6.18. The molecular formula is C13H20N2O2S2. The molecule has 0 amide bonds. The van der Waals surface area contributed by atoms with Crippen LogP contribution < -0.4 is 5.73 Å². The number of nitrogens with two attached hydrogens (primary N) is 1. The third kappa shape index (κ3) is 2.53. The van der Waals surface area contributed by atoms with E-state index in [4.69, 9.17) is 5.73 Å². The van der Waals surface area contributed by atoms with Crippen LogP contribution in [0.15, 0.2) is 15.7 Å². The Bertz CT molecular complexity index is 553. The second-order valence-corrected chi connectivity index (χ2v) is 8.73. The first-order valence-electron chi connectivity index (χ1n) is 6.91. The Balaban J connectivity index is 1.79. The van der Waals surface area contributed by atoms with Crippen molar-refractivity contribution in [3.63, 3.8) is 0 Å². The Morgan fingerprint density at radius 2 is 1.95 bits per heavy atom. The highest BCUT2D eigenvalue weighted by Gasteiger charge is 2.36. The number of sulfonamides is 1. The molecule has 2 aliphatic rings. The van der Waals surface area contributed by atoms with E-state index in [1.807, 2.05) is 0 Å². The van der Waals surface area contributed by atoms with Gasteiger partial charge < -0.3 is 5.73 Å². The Morgan fingerprint density at radius 1 is 1.21 bits per heavy atom. The molecule has 0 radical (unpaired) electrons. The molecule has 1 aromatic rings. The van der Waals surface area contributed by atoms with Crippen molar-refractivity contribution in [2.75, 3.05) is 18.8 Å². The molecule has 2 fully saturated rings. The van der Waals surface area contributed by atoms with Crippen LogP contribution in [0.4, 0.5) is 5.69 Å². The zero-order valence-corrected chi connectivity index (χ0v) is 12.5. The summed E-state index contributed by atoms with van der Waals surface area (Å²) in [6.07, 6.45) is 6.05. The summed E-state index contributed by atoms with van der Waals surface area (Å²) in [5.74, 6) is 1.31. The number of anilines is 1. The maximum atomic E-state index is 12.6. The molecule has 2 unspecified atom stereocenters. The van der Waals surface area contributed by atoms with Crippen molar-refractivity contribution in [1.82, 2.24) is 4.31 Å². The number of rotatable bonds is 2. The van der Waals surface area contributed by atoms with Crippen LogP contribution in [0, 0.1) is 11.8 Å². The van der Waals surface area contributed by atoms with Crippen LogP contribution in [0.3, 0.4) is 0 Å². The molecule has 2 atom stereocenters. The highest BCUT2D eigenvalue weighted by atomic mass is 32.2. The highest BCUT2D eigenvalue weighted by Crippen LogP contribution is 2.38. The van der Waals surface area contributed by atoms with Gasteiger partial charge in [0.2, 0.25) is 0 Å². The normalized spacial score (nSPS) is 29.1. The van der Waals surface area contributed by atoms with Gasteiger partial charge in [-0.1, -0.05) is 19.3 Å². The lowest BCUT2D eigenvalue weighted by Crippen LogP contribution is -2.44. The lowest BCUT2D eigenvalue weighted by atomic mass is 9.76. The Kier molecular flexibility index (Phi) is 3.57. The van der Waals surface area contributed by atoms with E-state index in [2.05, 4.69) is 0 Å². The van der Waals surface area contributed by atoms with E-state index in [1.54, 1.807) is 15.8 Å². The van der Waals surface area contributed by atoms with E-state index >= 15 is 0 Å². The van der Waals surface area contributed by atoms with E-state index in [0.717, 1.165) is 12.3 Å². The van der Waals surface area contributed by atoms with Gasteiger partial charge in [-0.3, -0.25) is 0 Å². The Morgan fingerprint density at radius 3 is 2.63 bits per heavy atom. The van der Waals surface area contributed by atoms with Crippen molar-refractivity contribution in [3.8, 4) is 0 Å². The fraction of sp³-hybridized carbons (Fsp3) is 0.692. The number of piperidine rings is 1. The minimum atomic E-state index is -3.32. The minimum Gasteiger partial charge on any atom is -0.398 e. The molecule has 0 spiro atoms. The third-order valence-corrected chi connectivity index (χ3v) is 7.74. The van der Waals surface area contributed by atoms with Crippen LogP contribution in [0.25, 0.3) is 0 Å². The molecular weight excluding hydrogens is 280 g/mol. The first-order valence-corrected chi connectivity index (χ1v) is 9.23. The molecule has 1 aromatic heterocycles. The van der Waals surface area contributed by atoms with E-state index in [0.29, 0.717) is 28.9 Å². The summed E-state index contributed by atoms with van der Waals surface area (Å²) in [6.45, 7) is 1.37. The highest BCUT2D eigenvalue weighted by molar-refractivity contribution is 7.91. The average Bonchev–Trinajstić information content (AvgIpc) is 2.85. The van der Waals surface area contributed by atoms with Gasteiger partial charge in [0.15, 0.2) is 0 Å². The van der Waals surface area contributed by atoms with Crippen molar-refractivity contribution in [1.29, 1.82) is 0 Å². The quantitative estimate of drug-likeness (QED) is 0.913. The third-order valence-electron chi connectivity index (χ3n) is 4.44. The van der Waals surface area contributed by atoms with Gasteiger partial charge in [0, 0.05) is 24.2 Å². The van der Waals surface area contributed by atoms with Gasteiger partial charge in [-0.25, -0.2) is 8.42 Å². The van der Waals surface area contributed by atoms with Gasteiger partial charge in [0.1, 0.15) is 4.21 Å². The molecule has 3 rings (SSSR count). The zero-order valence-electron chi connectivity index (χ0n) is 10.9. The number of fused-ring (bicyclic) bond motifs is 1. The summed E-state index contributed by atoms with van der Waals surface area (Å²) >= 11 is 1.22. The second kappa shape index (κ2) is 5.07. The zero-order chi connectivity index (χ0) is 13.5. The van der Waals surface area contributed by atoms with E-state index < -0.39 is 10.0 Å². The molecule has 4 nitrogen and oxygen atoms in total. The molecule has 1 aliphatic heterocycles.